The van der Waals surface area contributed by atoms with Crippen molar-refractivity contribution in [3.63, 3.8) is 0 Å². The highest BCUT2D eigenvalue weighted by Crippen LogP contribution is 2.37. The fourth-order valence-corrected chi connectivity index (χ4v) is 4.79. The first-order valence-corrected chi connectivity index (χ1v) is 10.9. The number of hydrogen-bond acceptors (Lipinski definition) is 1. The predicted octanol–water partition coefficient (Wildman–Crippen LogP) is 8.55. The summed E-state index contributed by atoms with van der Waals surface area (Å²) in [5.74, 6) is 0. The lowest BCUT2D eigenvalue weighted by molar-refractivity contribution is 0.669. The van der Waals surface area contributed by atoms with Crippen LogP contribution in [0.3, 0.4) is 0 Å². The molecule has 2 heteroatoms. The van der Waals surface area contributed by atoms with Crippen molar-refractivity contribution in [3.05, 3.63) is 109 Å². The van der Waals surface area contributed by atoms with E-state index in [1.54, 1.807) is 0 Å². The highest BCUT2D eigenvalue weighted by Gasteiger charge is 2.13. The number of nitrogens with one attached hydrogen (secondary N) is 1. The molecule has 0 bridgehead atoms. The van der Waals surface area contributed by atoms with Crippen molar-refractivity contribution in [2.24, 2.45) is 0 Å². The molecule has 2 nitrogen and oxygen atoms in total. The summed E-state index contributed by atoms with van der Waals surface area (Å²) >= 11 is 0. The summed E-state index contributed by atoms with van der Waals surface area (Å²) in [6, 6.07) is 38.5. The third kappa shape index (κ3) is 2.60. The van der Waals surface area contributed by atoms with Crippen LogP contribution in [0.5, 0.6) is 0 Å². The molecule has 0 aliphatic carbocycles. The zero-order chi connectivity index (χ0) is 21.1. The third-order valence-corrected chi connectivity index (χ3v) is 6.40. The topological polar surface area (TPSA) is 28.9 Å². The number of rotatable bonds is 2. The number of H-pyrrole nitrogens is 1. The van der Waals surface area contributed by atoms with Gasteiger partial charge in [-0.1, -0.05) is 72.8 Å². The van der Waals surface area contributed by atoms with Gasteiger partial charge in [0, 0.05) is 32.6 Å². The number of aromatic amines is 1. The molecule has 5 aromatic carbocycles. The maximum atomic E-state index is 6.27. The summed E-state index contributed by atoms with van der Waals surface area (Å²) in [6.45, 7) is 0. The second kappa shape index (κ2) is 6.60. The lowest BCUT2D eigenvalue weighted by atomic mass is 10.0. The minimum absolute atomic E-state index is 0.918. The Morgan fingerprint density at radius 3 is 1.72 bits per heavy atom. The van der Waals surface area contributed by atoms with Crippen molar-refractivity contribution in [3.8, 4) is 22.3 Å². The van der Waals surface area contributed by atoms with Gasteiger partial charge in [0.25, 0.3) is 0 Å². The van der Waals surface area contributed by atoms with E-state index in [9.17, 15) is 0 Å². The Hall–Kier alpha value is -4.30. The van der Waals surface area contributed by atoms with Crippen molar-refractivity contribution in [2.45, 2.75) is 0 Å². The van der Waals surface area contributed by atoms with Gasteiger partial charge < -0.3 is 9.40 Å². The van der Waals surface area contributed by atoms with Crippen LogP contribution in [0.15, 0.2) is 114 Å². The molecule has 0 atom stereocenters. The number of fused-ring (bicyclic) bond motifs is 6. The largest absolute Gasteiger partial charge is 0.456 e. The van der Waals surface area contributed by atoms with Gasteiger partial charge in [-0.2, -0.15) is 0 Å². The van der Waals surface area contributed by atoms with Crippen molar-refractivity contribution >= 4 is 43.7 Å². The molecule has 0 saturated carbocycles. The highest BCUT2D eigenvalue weighted by atomic mass is 16.3. The maximum absolute atomic E-state index is 6.27. The van der Waals surface area contributed by atoms with Crippen molar-refractivity contribution in [1.29, 1.82) is 0 Å². The Balaban J connectivity index is 1.46. The van der Waals surface area contributed by atoms with Gasteiger partial charge in [0.15, 0.2) is 0 Å². The smallest absolute Gasteiger partial charge is 0.136 e. The van der Waals surface area contributed by atoms with Crippen LogP contribution in [0, 0.1) is 0 Å². The van der Waals surface area contributed by atoms with Gasteiger partial charge in [-0.25, -0.2) is 0 Å². The van der Waals surface area contributed by atoms with Crippen LogP contribution >= 0.6 is 0 Å². The minimum atomic E-state index is 0.918. The van der Waals surface area contributed by atoms with E-state index in [0.717, 1.165) is 33.0 Å². The van der Waals surface area contributed by atoms with Gasteiger partial charge in [-0.05, 0) is 58.7 Å². The Morgan fingerprint density at radius 2 is 1.00 bits per heavy atom. The molecule has 2 aromatic heterocycles. The van der Waals surface area contributed by atoms with Crippen LogP contribution in [0.2, 0.25) is 0 Å². The second-order valence-electron chi connectivity index (χ2n) is 8.32. The van der Waals surface area contributed by atoms with E-state index >= 15 is 0 Å². The maximum Gasteiger partial charge on any atom is 0.136 e. The SMILES string of the molecule is c1ccc(-c2ccc3[nH]c4cc5c(cc4c3c2)oc2ccc(-c3ccccc3)cc25)cc1. The van der Waals surface area contributed by atoms with E-state index in [1.807, 2.05) is 6.07 Å². The molecule has 2 heterocycles. The minimum Gasteiger partial charge on any atom is -0.456 e. The van der Waals surface area contributed by atoms with Crippen molar-refractivity contribution in [2.75, 3.05) is 0 Å². The number of hydrogen-bond donors (Lipinski definition) is 1. The molecular formula is C30H19NO. The van der Waals surface area contributed by atoms with Crippen LogP contribution < -0.4 is 0 Å². The monoisotopic (exact) mass is 409 g/mol. The predicted molar refractivity (Wildman–Crippen MR) is 134 cm³/mol. The van der Waals surface area contributed by atoms with E-state index in [4.69, 9.17) is 4.42 Å². The number of furan rings is 1. The van der Waals surface area contributed by atoms with E-state index in [1.165, 1.54) is 33.0 Å². The number of benzene rings is 5. The Kier molecular flexibility index (Phi) is 3.58. The standard InChI is InChI=1S/C30H19NO/c1-3-7-19(8-4-1)21-11-13-27-23(15-21)24-18-30-26(17-28(24)31-27)25-16-22(12-14-29(25)32-30)20-9-5-2-6-10-20/h1-18,31H. The molecule has 1 N–H and O–H groups in total. The van der Waals surface area contributed by atoms with Crippen LogP contribution in [0.4, 0.5) is 0 Å². The Labute approximate surface area is 184 Å². The van der Waals surface area contributed by atoms with E-state index in [2.05, 4.69) is 108 Å². The molecule has 32 heavy (non-hydrogen) atoms. The second-order valence-corrected chi connectivity index (χ2v) is 8.32. The Morgan fingerprint density at radius 1 is 0.406 bits per heavy atom. The van der Waals surface area contributed by atoms with Gasteiger partial charge >= 0.3 is 0 Å². The molecule has 0 aliphatic heterocycles. The average Bonchev–Trinajstić information content (AvgIpc) is 3.40. The van der Waals surface area contributed by atoms with Gasteiger partial charge in [-0.3, -0.25) is 0 Å². The van der Waals surface area contributed by atoms with Gasteiger partial charge in [0.05, 0.1) is 0 Å². The molecule has 0 aliphatic rings. The first-order valence-electron chi connectivity index (χ1n) is 10.9. The van der Waals surface area contributed by atoms with Crippen LogP contribution in [-0.2, 0) is 0 Å². The summed E-state index contributed by atoms with van der Waals surface area (Å²) in [6.07, 6.45) is 0. The Bertz CT molecular complexity index is 1620. The van der Waals surface area contributed by atoms with Crippen molar-refractivity contribution < 1.29 is 4.42 Å². The zero-order valence-corrected chi connectivity index (χ0v) is 17.3. The van der Waals surface area contributed by atoms with Gasteiger partial charge in [0.2, 0.25) is 0 Å². The molecule has 0 unspecified atom stereocenters. The molecule has 7 aromatic rings. The highest BCUT2D eigenvalue weighted by molar-refractivity contribution is 6.16. The lowest BCUT2D eigenvalue weighted by Gasteiger charge is -2.01. The number of aromatic nitrogens is 1. The first kappa shape index (κ1) is 17.4. The van der Waals surface area contributed by atoms with Crippen LogP contribution in [-0.4, -0.2) is 4.98 Å². The van der Waals surface area contributed by atoms with E-state index in [0.29, 0.717) is 0 Å². The molecule has 150 valence electrons. The zero-order valence-electron chi connectivity index (χ0n) is 17.3. The fourth-order valence-electron chi connectivity index (χ4n) is 4.79. The lowest BCUT2D eigenvalue weighted by Crippen LogP contribution is -1.77. The molecule has 0 fully saturated rings. The molecule has 0 spiro atoms. The first-order chi connectivity index (χ1) is 15.8. The van der Waals surface area contributed by atoms with Gasteiger partial charge in [0.1, 0.15) is 11.2 Å². The van der Waals surface area contributed by atoms with Crippen molar-refractivity contribution in [1.82, 2.24) is 4.98 Å². The fraction of sp³-hybridized carbons (Fsp3) is 0. The van der Waals surface area contributed by atoms with E-state index in [-0.39, 0.29) is 0 Å². The molecule has 0 amide bonds. The van der Waals surface area contributed by atoms with Gasteiger partial charge in [-0.15, -0.1) is 0 Å². The summed E-state index contributed by atoms with van der Waals surface area (Å²) in [4.78, 5) is 3.61. The van der Waals surface area contributed by atoms with Crippen LogP contribution in [0.1, 0.15) is 0 Å². The van der Waals surface area contributed by atoms with E-state index < -0.39 is 0 Å². The molecule has 0 radical (unpaired) electrons. The average molecular weight is 409 g/mol. The summed E-state index contributed by atoms with van der Waals surface area (Å²) in [5.41, 5.74) is 8.96. The van der Waals surface area contributed by atoms with Crippen LogP contribution in [0.25, 0.3) is 66.0 Å². The summed E-state index contributed by atoms with van der Waals surface area (Å²) in [7, 11) is 0. The third-order valence-electron chi connectivity index (χ3n) is 6.40. The molecular weight excluding hydrogens is 390 g/mol. The summed E-state index contributed by atoms with van der Waals surface area (Å²) < 4.78 is 6.27. The molecule has 7 rings (SSSR count). The normalized spacial score (nSPS) is 11.8. The summed E-state index contributed by atoms with van der Waals surface area (Å²) in [5, 5.41) is 4.69. The quantitative estimate of drug-likeness (QED) is 0.304. The molecule has 0 saturated heterocycles.